The molecule has 5 heteroatoms. The summed E-state index contributed by atoms with van der Waals surface area (Å²) in [7, 11) is 0. The standard InChI is InChI=1S/C21H27N3O2/c1-4-17(11-12-22)23-21(26)18-10-7-15(3)13-19(18)24-20(25)16-8-5-14(2)6-9-16/h5-6,8-10,13,17H,3-4,7,11-12,22H2,1-2H3,(H,23,26)(H,24,25). The van der Waals surface area contributed by atoms with Crippen molar-refractivity contribution in [2.75, 3.05) is 6.54 Å². The van der Waals surface area contributed by atoms with Gasteiger partial charge in [-0.25, -0.2) is 0 Å². The predicted molar refractivity (Wildman–Crippen MR) is 104 cm³/mol. The lowest BCUT2D eigenvalue weighted by molar-refractivity contribution is -0.118. The molecule has 4 N–H and O–H groups in total. The van der Waals surface area contributed by atoms with E-state index in [2.05, 4.69) is 17.2 Å². The van der Waals surface area contributed by atoms with Crippen molar-refractivity contribution < 1.29 is 9.59 Å². The van der Waals surface area contributed by atoms with Crippen LogP contribution in [-0.2, 0) is 4.79 Å². The van der Waals surface area contributed by atoms with Crippen LogP contribution in [0.2, 0.25) is 0 Å². The molecule has 0 aliphatic heterocycles. The number of hydrogen-bond donors (Lipinski definition) is 3. The van der Waals surface area contributed by atoms with Crippen molar-refractivity contribution in [3.05, 3.63) is 71.0 Å². The molecule has 1 unspecified atom stereocenters. The summed E-state index contributed by atoms with van der Waals surface area (Å²) in [4.78, 5) is 25.2. The lowest BCUT2D eigenvalue weighted by Gasteiger charge is -2.21. The Morgan fingerprint density at radius 1 is 1.23 bits per heavy atom. The van der Waals surface area contributed by atoms with E-state index in [9.17, 15) is 9.59 Å². The number of benzene rings is 1. The van der Waals surface area contributed by atoms with Crippen LogP contribution in [0, 0.1) is 6.92 Å². The van der Waals surface area contributed by atoms with Gasteiger partial charge in [-0.15, -0.1) is 0 Å². The van der Waals surface area contributed by atoms with Crippen LogP contribution in [-0.4, -0.2) is 24.4 Å². The first kappa shape index (κ1) is 19.7. The van der Waals surface area contributed by atoms with Crippen molar-refractivity contribution in [3.8, 4) is 0 Å². The van der Waals surface area contributed by atoms with Crippen LogP contribution in [0.1, 0.15) is 42.1 Å². The van der Waals surface area contributed by atoms with Gasteiger partial charge in [0.05, 0.1) is 11.3 Å². The van der Waals surface area contributed by atoms with Gasteiger partial charge in [-0.2, -0.15) is 0 Å². The van der Waals surface area contributed by atoms with Gasteiger partial charge in [0.1, 0.15) is 0 Å². The first-order valence-electron chi connectivity index (χ1n) is 8.93. The highest BCUT2D eigenvalue weighted by atomic mass is 16.2. The van der Waals surface area contributed by atoms with Crippen LogP contribution in [0.15, 0.2) is 59.8 Å². The first-order chi connectivity index (χ1) is 12.4. The van der Waals surface area contributed by atoms with Gasteiger partial charge in [0.15, 0.2) is 0 Å². The fourth-order valence-electron chi connectivity index (χ4n) is 2.74. The van der Waals surface area contributed by atoms with Crippen LogP contribution >= 0.6 is 0 Å². The second kappa shape index (κ2) is 9.15. The quantitative estimate of drug-likeness (QED) is 0.705. The van der Waals surface area contributed by atoms with E-state index in [-0.39, 0.29) is 17.9 Å². The number of aryl methyl sites for hydroxylation is 1. The zero-order valence-corrected chi connectivity index (χ0v) is 15.5. The van der Waals surface area contributed by atoms with Crippen molar-refractivity contribution in [2.45, 2.75) is 39.2 Å². The molecule has 1 aromatic carbocycles. The molecule has 0 saturated carbocycles. The zero-order chi connectivity index (χ0) is 19.1. The maximum absolute atomic E-state index is 12.7. The van der Waals surface area contributed by atoms with Gasteiger partial charge in [0.2, 0.25) is 0 Å². The van der Waals surface area contributed by atoms with Crippen LogP contribution in [0.4, 0.5) is 0 Å². The first-order valence-corrected chi connectivity index (χ1v) is 8.93. The third-order valence-corrected chi connectivity index (χ3v) is 4.36. The molecule has 1 aliphatic rings. The smallest absolute Gasteiger partial charge is 0.255 e. The Balaban J connectivity index is 2.14. The fourth-order valence-corrected chi connectivity index (χ4v) is 2.74. The molecule has 0 saturated heterocycles. The number of allylic oxidation sites excluding steroid dienone is 3. The Kier molecular flexibility index (Phi) is 6.92. The summed E-state index contributed by atoms with van der Waals surface area (Å²) in [6.07, 6.45) is 5.66. The number of nitrogens with one attached hydrogen (secondary N) is 2. The van der Waals surface area contributed by atoms with Gasteiger partial charge in [-0.3, -0.25) is 9.59 Å². The van der Waals surface area contributed by atoms with E-state index in [0.717, 1.165) is 24.0 Å². The molecular weight excluding hydrogens is 326 g/mol. The molecule has 2 rings (SSSR count). The average molecular weight is 353 g/mol. The lowest BCUT2D eigenvalue weighted by atomic mass is 9.98. The van der Waals surface area contributed by atoms with Crippen molar-refractivity contribution >= 4 is 11.8 Å². The normalized spacial score (nSPS) is 15.0. The summed E-state index contributed by atoms with van der Waals surface area (Å²) in [6, 6.07) is 7.31. The Hall–Kier alpha value is -2.66. The highest BCUT2D eigenvalue weighted by Gasteiger charge is 2.22. The average Bonchev–Trinajstić information content (AvgIpc) is 2.61. The predicted octanol–water partition coefficient (Wildman–Crippen LogP) is 2.74. The van der Waals surface area contributed by atoms with Crippen molar-refractivity contribution in [1.82, 2.24) is 10.6 Å². The summed E-state index contributed by atoms with van der Waals surface area (Å²) in [5.74, 6) is -0.452. The lowest BCUT2D eigenvalue weighted by Crippen LogP contribution is -2.39. The molecule has 0 bridgehead atoms. The van der Waals surface area contributed by atoms with Gasteiger partial charge >= 0.3 is 0 Å². The molecule has 1 aromatic rings. The molecule has 0 radical (unpaired) electrons. The molecule has 26 heavy (non-hydrogen) atoms. The maximum Gasteiger partial charge on any atom is 0.255 e. The molecule has 138 valence electrons. The minimum atomic E-state index is -0.251. The number of amides is 2. The van der Waals surface area contributed by atoms with Gasteiger partial charge in [-0.05, 0) is 56.5 Å². The van der Waals surface area contributed by atoms with E-state index >= 15 is 0 Å². The number of hydrogen-bond acceptors (Lipinski definition) is 3. The fraction of sp³-hybridized carbons (Fsp3) is 0.333. The van der Waals surface area contributed by atoms with Crippen molar-refractivity contribution in [3.63, 3.8) is 0 Å². The minimum absolute atomic E-state index is 0.0209. The van der Waals surface area contributed by atoms with E-state index in [4.69, 9.17) is 5.73 Å². The van der Waals surface area contributed by atoms with Gasteiger partial charge in [0, 0.05) is 11.6 Å². The topological polar surface area (TPSA) is 84.2 Å². The maximum atomic E-state index is 12.7. The van der Waals surface area contributed by atoms with Crippen LogP contribution in [0.3, 0.4) is 0 Å². The van der Waals surface area contributed by atoms with E-state index in [1.165, 1.54) is 0 Å². The van der Waals surface area contributed by atoms with Crippen LogP contribution in [0.5, 0.6) is 0 Å². The molecule has 0 spiro atoms. The number of nitrogens with two attached hydrogens (primary N) is 1. The molecule has 1 atom stereocenters. The largest absolute Gasteiger partial charge is 0.349 e. The third kappa shape index (κ3) is 5.17. The highest BCUT2D eigenvalue weighted by Crippen LogP contribution is 2.21. The molecule has 5 nitrogen and oxygen atoms in total. The van der Waals surface area contributed by atoms with E-state index in [1.54, 1.807) is 24.3 Å². The van der Waals surface area contributed by atoms with E-state index < -0.39 is 0 Å². The molecule has 0 fully saturated rings. The van der Waals surface area contributed by atoms with E-state index in [1.807, 2.05) is 26.0 Å². The summed E-state index contributed by atoms with van der Waals surface area (Å²) in [5.41, 5.74) is 9.01. The molecular formula is C21H27N3O2. The zero-order valence-electron chi connectivity index (χ0n) is 15.5. The number of carbonyl (C=O) groups is 2. The SMILES string of the molecule is C=C1C=C(NC(=O)c2ccc(C)cc2)C(C(=O)NC(CC)CCN)=CC1. The molecule has 0 heterocycles. The monoisotopic (exact) mass is 353 g/mol. The van der Waals surface area contributed by atoms with Crippen molar-refractivity contribution in [1.29, 1.82) is 0 Å². The van der Waals surface area contributed by atoms with Crippen molar-refractivity contribution in [2.24, 2.45) is 5.73 Å². The molecule has 2 amide bonds. The number of carbonyl (C=O) groups excluding carboxylic acids is 2. The second-order valence-electron chi connectivity index (χ2n) is 6.51. The number of rotatable bonds is 7. The second-order valence-corrected chi connectivity index (χ2v) is 6.51. The van der Waals surface area contributed by atoms with Gasteiger partial charge in [0.25, 0.3) is 11.8 Å². The van der Waals surface area contributed by atoms with Gasteiger partial charge < -0.3 is 16.4 Å². The Labute approximate surface area is 155 Å². The minimum Gasteiger partial charge on any atom is -0.349 e. The van der Waals surface area contributed by atoms with Crippen LogP contribution in [0.25, 0.3) is 0 Å². The summed E-state index contributed by atoms with van der Waals surface area (Å²) < 4.78 is 0. The third-order valence-electron chi connectivity index (χ3n) is 4.36. The Morgan fingerprint density at radius 3 is 2.54 bits per heavy atom. The Morgan fingerprint density at radius 2 is 1.92 bits per heavy atom. The van der Waals surface area contributed by atoms with E-state index in [0.29, 0.717) is 29.8 Å². The summed E-state index contributed by atoms with van der Waals surface area (Å²) in [6.45, 7) is 8.42. The summed E-state index contributed by atoms with van der Waals surface area (Å²) in [5, 5.41) is 5.84. The molecule has 0 aromatic heterocycles. The van der Waals surface area contributed by atoms with Crippen LogP contribution < -0.4 is 16.4 Å². The molecule has 1 aliphatic carbocycles. The van der Waals surface area contributed by atoms with Gasteiger partial charge in [-0.1, -0.05) is 37.3 Å². The summed E-state index contributed by atoms with van der Waals surface area (Å²) >= 11 is 0. The Bertz CT molecular complexity index is 745. The highest BCUT2D eigenvalue weighted by molar-refractivity contribution is 6.02.